The largest absolute Gasteiger partial charge is 0.339 e. The molecule has 2 aromatic rings. The molecule has 0 bridgehead atoms. The molecule has 1 amide bonds. The minimum atomic E-state index is -0.325. The Morgan fingerprint density at radius 3 is 2.61 bits per heavy atom. The fraction of sp³-hybridized carbons (Fsp3) is 0.364. The first kappa shape index (κ1) is 23.2. The Kier molecular flexibility index (Phi) is 7.65. The molecule has 1 saturated heterocycles. The van der Waals surface area contributed by atoms with Crippen molar-refractivity contribution in [2.45, 2.75) is 25.4 Å². The van der Waals surface area contributed by atoms with Gasteiger partial charge in [-0.25, -0.2) is 9.37 Å². The van der Waals surface area contributed by atoms with E-state index in [0.717, 1.165) is 0 Å². The van der Waals surface area contributed by atoms with Crippen molar-refractivity contribution in [1.82, 2.24) is 14.8 Å². The summed E-state index contributed by atoms with van der Waals surface area (Å²) >= 11 is 7.31. The summed E-state index contributed by atoms with van der Waals surface area (Å²) in [6.07, 6.45) is 0. The molecule has 6 nitrogen and oxygen atoms in total. The first-order valence-corrected chi connectivity index (χ1v) is 11.1. The molecular formula is C22H22ClFN4O2S. The lowest BCUT2D eigenvalue weighted by Gasteiger charge is -2.35. The molecule has 0 radical (unpaired) electrons. The number of ketones is 1. The van der Waals surface area contributed by atoms with Crippen LogP contribution in [0.2, 0.25) is 5.02 Å². The number of hydrogen-bond acceptors (Lipinski definition) is 6. The molecule has 0 spiro atoms. The molecule has 1 aliphatic rings. The average Bonchev–Trinajstić information content (AvgIpc) is 2.75. The van der Waals surface area contributed by atoms with E-state index in [4.69, 9.17) is 11.6 Å². The fourth-order valence-corrected chi connectivity index (χ4v) is 4.54. The van der Waals surface area contributed by atoms with Crippen LogP contribution < -0.4 is 0 Å². The van der Waals surface area contributed by atoms with Crippen LogP contribution in [0.15, 0.2) is 29.3 Å². The second-order valence-electron chi connectivity index (χ2n) is 7.29. The Labute approximate surface area is 190 Å². The van der Waals surface area contributed by atoms with Crippen molar-refractivity contribution in [3.8, 4) is 6.07 Å². The van der Waals surface area contributed by atoms with Crippen LogP contribution in [0.3, 0.4) is 0 Å². The molecule has 0 N–H and O–H groups in total. The monoisotopic (exact) mass is 460 g/mol. The topological polar surface area (TPSA) is 77.3 Å². The zero-order valence-corrected chi connectivity index (χ0v) is 18.9. The number of nitriles is 1. The normalized spacial score (nSPS) is 14.4. The number of carbonyl (C=O) groups excluding carboxylic acids is 2. The number of hydrogen-bond donors (Lipinski definition) is 0. The summed E-state index contributed by atoms with van der Waals surface area (Å²) < 4.78 is 14.0. The van der Waals surface area contributed by atoms with E-state index in [-0.39, 0.29) is 23.3 Å². The standard InChI is InChI=1S/C22H22ClFN4O2S/c1-14-17(15(2)29)10-16(11-25)22(26-14)31-13-21(30)28-8-6-27(7-9-28)12-18-19(23)4-3-5-20(18)24/h3-5,10H,6-9,12-13H2,1-2H3. The lowest BCUT2D eigenvalue weighted by atomic mass is 10.1. The van der Waals surface area contributed by atoms with Gasteiger partial charge in [0.15, 0.2) is 5.78 Å². The van der Waals surface area contributed by atoms with Gasteiger partial charge in [0.2, 0.25) is 5.91 Å². The molecule has 0 aliphatic carbocycles. The summed E-state index contributed by atoms with van der Waals surface area (Å²) in [5, 5.41) is 10.2. The van der Waals surface area contributed by atoms with Gasteiger partial charge in [-0.05, 0) is 32.0 Å². The van der Waals surface area contributed by atoms with Crippen molar-refractivity contribution in [3.63, 3.8) is 0 Å². The second-order valence-corrected chi connectivity index (χ2v) is 8.66. The van der Waals surface area contributed by atoms with E-state index in [1.165, 1.54) is 30.8 Å². The van der Waals surface area contributed by atoms with Crippen LogP contribution in [0.4, 0.5) is 4.39 Å². The molecule has 1 aromatic heterocycles. The van der Waals surface area contributed by atoms with E-state index in [9.17, 15) is 19.2 Å². The van der Waals surface area contributed by atoms with Crippen LogP contribution in [0.5, 0.6) is 0 Å². The van der Waals surface area contributed by atoms with Crippen LogP contribution in [-0.4, -0.2) is 58.4 Å². The highest BCUT2D eigenvalue weighted by molar-refractivity contribution is 8.00. The first-order chi connectivity index (χ1) is 14.8. The Hall–Kier alpha value is -2.47. The number of amides is 1. The van der Waals surface area contributed by atoms with Crippen molar-refractivity contribution in [2.24, 2.45) is 0 Å². The van der Waals surface area contributed by atoms with Gasteiger partial charge in [0.05, 0.1) is 11.3 Å². The minimum Gasteiger partial charge on any atom is -0.339 e. The summed E-state index contributed by atoms with van der Waals surface area (Å²) in [6, 6.07) is 8.23. The maximum atomic E-state index is 14.0. The number of halogens is 2. The smallest absolute Gasteiger partial charge is 0.233 e. The zero-order chi connectivity index (χ0) is 22.5. The fourth-order valence-electron chi connectivity index (χ4n) is 3.41. The molecule has 162 valence electrons. The Morgan fingerprint density at radius 1 is 1.29 bits per heavy atom. The SMILES string of the molecule is CC(=O)c1cc(C#N)c(SCC(=O)N2CCN(Cc3c(F)cccc3Cl)CC2)nc1C. The van der Waals surface area contributed by atoms with Gasteiger partial charge < -0.3 is 4.90 Å². The lowest BCUT2D eigenvalue weighted by Crippen LogP contribution is -2.48. The van der Waals surface area contributed by atoms with Gasteiger partial charge in [0.1, 0.15) is 16.9 Å². The number of thioether (sulfide) groups is 1. The summed E-state index contributed by atoms with van der Waals surface area (Å²) in [6.45, 7) is 5.86. The van der Waals surface area contributed by atoms with Gasteiger partial charge in [0, 0.05) is 54.6 Å². The van der Waals surface area contributed by atoms with E-state index >= 15 is 0 Å². The Morgan fingerprint density at radius 2 is 2.00 bits per heavy atom. The predicted octanol–water partition coefficient (Wildman–Crippen LogP) is 3.69. The number of Topliss-reactive ketones (excluding diaryl/α,β-unsaturated/α-hetero) is 1. The highest BCUT2D eigenvalue weighted by Crippen LogP contribution is 2.24. The van der Waals surface area contributed by atoms with E-state index in [2.05, 4.69) is 16.0 Å². The highest BCUT2D eigenvalue weighted by Gasteiger charge is 2.23. The molecule has 0 saturated carbocycles. The van der Waals surface area contributed by atoms with Crippen LogP contribution in [0.1, 0.15) is 34.1 Å². The predicted molar refractivity (Wildman–Crippen MR) is 118 cm³/mol. The van der Waals surface area contributed by atoms with Gasteiger partial charge in [-0.2, -0.15) is 5.26 Å². The van der Waals surface area contributed by atoms with E-state index in [1.807, 2.05) is 0 Å². The maximum absolute atomic E-state index is 14.0. The summed E-state index contributed by atoms with van der Waals surface area (Å²) in [7, 11) is 0. The van der Waals surface area contributed by atoms with Crippen molar-refractivity contribution in [1.29, 1.82) is 5.26 Å². The minimum absolute atomic E-state index is 0.0486. The molecule has 9 heteroatoms. The van der Waals surface area contributed by atoms with Crippen molar-refractivity contribution >= 4 is 35.1 Å². The van der Waals surface area contributed by atoms with Crippen LogP contribution >= 0.6 is 23.4 Å². The third-order valence-electron chi connectivity index (χ3n) is 5.18. The Bertz CT molecular complexity index is 1030. The van der Waals surface area contributed by atoms with Crippen molar-refractivity contribution < 1.29 is 14.0 Å². The Balaban J connectivity index is 1.56. The first-order valence-electron chi connectivity index (χ1n) is 9.78. The zero-order valence-electron chi connectivity index (χ0n) is 17.3. The van der Waals surface area contributed by atoms with Crippen molar-refractivity contribution in [2.75, 3.05) is 31.9 Å². The number of nitrogens with zero attached hydrogens (tertiary/aromatic N) is 4. The van der Waals surface area contributed by atoms with Crippen LogP contribution in [0.25, 0.3) is 0 Å². The van der Waals surface area contributed by atoms with Gasteiger partial charge in [-0.1, -0.05) is 29.4 Å². The molecular weight excluding hydrogens is 439 g/mol. The summed E-state index contributed by atoms with van der Waals surface area (Å²) in [5.41, 5.74) is 1.72. The molecule has 2 heterocycles. The highest BCUT2D eigenvalue weighted by atomic mass is 35.5. The third kappa shape index (κ3) is 5.62. The lowest BCUT2D eigenvalue weighted by molar-refractivity contribution is -0.130. The molecule has 3 rings (SSSR count). The molecule has 1 aromatic carbocycles. The third-order valence-corrected chi connectivity index (χ3v) is 6.51. The van der Waals surface area contributed by atoms with Gasteiger partial charge >= 0.3 is 0 Å². The number of aromatic nitrogens is 1. The van der Waals surface area contributed by atoms with Crippen LogP contribution in [0, 0.1) is 24.1 Å². The molecule has 0 atom stereocenters. The van der Waals surface area contributed by atoms with Gasteiger partial charge in [-0.15, -0.1) is 0 Å². The summed E-state index contributed by atoms with van der Waals surface area (Å²) in [4.78, 5) is 32.5. The number of pyridine rings is 1. The van der Waals surface area contributed by atoms with Gasteiger partial charge in [-0.3, -0.25) is 14.5 Å². The van der Waals surface area contributed by atoms with Gasteiger partial charge in [0.25, 0.3) is 0 Å². The van der Waals surface area contributed by atoms with E-state index < -0.39 is 0 Å². The summed E-state index contributed by atoms with van der Waals surface area (Å²) in [5.74, 6) is -0.370. The number of benzene rings is 1. The number of rotatable bonds is 6. The van der Waals surface area contributed by atoms with E-state index in [1.54, 1.807) is 24.0 Å². The van der Waals surface area contributed by atoms with Crippen LogP contribution in [-0.2, 0) is 11.3 Å². The van der Waals surface area contributed by atoms with Crippen molar-refractivity contribution in [3.05, 3.63) is 57.5 Å². The molecule has 0 unspecified atom stereocenters. The molecule has 1 fully saturated rings. The number of carbonyl (C=O) groups is 2. The quantitative estimate of drug-likeness (QED) is 0.483. The molecule has 1 aliphatic heterocycles. The van der Waals surface area contributed by atoms with E-state index in [0.29, 0.717) is 65.2 Å². The average molecular weight is 461 g/mol. The number of aryl methyl sites for hydroxylation is 1. The number of piperazine rings is 1. The maximum Gasteiger partial charge on any atom is 0.233 e. The second kappa shape index (κ2) is 10.2. The molecule has 31 heavy (non-hydrogen) atoms.